The summed E-state index contributed by atoms with van der Waals surface area (Å²) in [7, 11) is 0. The van der Waals surface area contributed by atoms with Gasteiger partial charge in [0, 0.05) is 28.4 Å². The van der Waals surface area contributed by atoms with Crippen molar-refractivity contribution in [1.82, 2.24) is 14.7 Å². The van der Waals surface area contributed by atoms with Gasteiger partial charge in [-0.05, 0) is 42.5 Å². The second-order valence-electron chi connectivity index (χ2n) is 6.49. The molecule has 7 nitrogen and oxygen atoms in total. The van der Waals surface area contributed by atoms with Crippen LogP contribution < -0.4 is 10.9 Å². The molecular weight excluding hydrogens is 474 g/mol. The number of anilines is 1. The molecule has 0 radical (unpaired) electrons. The van der Waals surface area contributed by atoms with Gasteiger partial charge in [0.15, 0.2) is 0 Å². The molecule has 4 rings (SSSR count). The van der Waals surface area contributed by atoms with Crippen molar-refractivity contribution in [3.05, 3.63) is 87.3 Å². The van der Waals surface area contributed by atoms with E-state index in [0.29, 0.717) is 11.4 Å². The highest BCUT2D eigenvalue weighted by atomic mass is 79.9. The van der Waals surface area contributed by atoms with Crippen molar-refractivity contribution in [2.45, 2.75) is 6.54 Å². The van der Waals surface area contributed by atoms with Crippen LogP contribution in [0.1, 0.15) is 0 Å². The number of carbonyl (C=O) groups excluding carboxylic acids is 1. The van der Waals surface area contributed by atoms with Crippen LogP contribution in [0.3, 0.4) is 0 Å². The second kappa shape index (κ2) is 8.60. The summed E-state index contributed by atoms with van der Waals surface area (Å²) in [5.41, 5.74) is 0.375. The molecule has 0 atom stereocenters. The van der Waals surface area contributed by atoms with E-state index < -0.39 is 29.6 Å². The number of carbonyl (C=O) groups is 1. The Kier molecular flexibility index (Phi) is 5.72. The highest BCUT2D eigenvalue weighted by molar-refractivity contribution is 9.10. The molecule has 0 spiro atoms. The van der Waals surface area contributed by atoms with Crippen molar-refractivity contribution in [3.63, 3.8) is 0 Å². The normalized spacial score (nSPS) is 10.8. The standard InChI is InChI=1S/C21H13BrF2N4O3/c22-14-4-1-12(2-5-14)20-26-21(31-27-20)13-3-8-19(30)28(10-13)11-18(29)25-17-9-15(23)6-7-16(17)24/h1-10H,11H2,(H,25,29). The van der Waals surface area contributed by atoms with Crippen molar-refractivity contribution >= 4 is 27.5 Å². The minimum absolute atomic E-state index is 0.156. The first kappa shape index (κ1) is 20.6. The van der Waals surface area contributed by atoms with Gasteiger partial charge in [-0.3, -0.25) is 9.59 Å². The third-order valence-electron chi connectivity index (χ3n) is 4.28. The van der Waals surface area contributed by atoms with Crippen molar-refractivity contribution in [2.75, 3.05) is 5.32 Å². The van der Waals surface area contributed by atoms with Gasteiger partial charge in [0.2, 0.25) is 11.7 Å². The molecule has 31 heavy (non-hydrogen) atoms. The fourth-order valence-electron chi connectivity index (χ4n) is 2.78. The highest BCUT2D eigenvalue weighted by Gasteiger charge is 2.14. The van der Waals surface area contributed by atoms with E-state index in [2.05, 4.69) is 31.4 Å². The lowest BCUT2D eigenvalue weighted by molar-refractivity contribution is -0.116. The molecule has 0 saturated heterocycles. The van der Waals surface area contributed by atoms with Crippen molar-refractivity contribution in [1.29, 1.82) is 0 Å². The van der Waals surface area contributed by atoms with Crippen LogP contribution in [-0.2, 0) is 11.3 Å². The predicted molar refractivity (Wildman–Crippen MR) is 112 cm³/mol. The topological polar surface area (TPSA) is 90.0 Å². The van der Waals surface area contributed by atoms with Gasteiger partial charge < -0.3 is 14.4 Å². The van der Waals surface area contributed by atoms with Gasteiger partial charge in [-0.2, -0.15) is 4.98 Å². The summed E-state index contributed by atoms with van der Waals surface area (Å²) in [6.07, 6.45) is 1.38. The van der Waals surface area contributed by atoms with Gasteiger partial charge in [0.1, 0.15) is 18.2 Å². The van der Waals surface area contributed by atoms with Crippen LogP contribution in [0.15, 0.2) is 74.6 Å². The van der Waals surface area contributed by atoms with Crippen molar-refractivity contribution < 1.29 is 18.1 Å². The number of hydrogen-bond acceptors (Lipinski definition) is 5. The fourth-order valence-corrected chi connectivity index (χ4v) is 3.04. The van der Waals surface area contributed by atoms with E-state index >= 15 is 0 Å². The van der Waals surface area contributed by atoms with E-state index in [1.807, 2.05) is 24.3 Å². The zero-order chi connectivity index (χ0) is 22.0. The van der Waals surface area contributed by atoms with Crippen molar-refractivity contribution in [2.24, 2.45) is 0 Å². The summed E-state index contributed by atoms with van der Waals surface area (Å²) < 4.78 is 34.3. The highest BCUT2D eigenvalue weighted by Crippen LogP contribution is 2.23. The molecular formula is C21H13BrF2N4O3. The lowest BCUT2D eigenvalue weighted by Crippen LogP contribution is -2.27. The Bertz CT molecular complexity index is 1320. The van der Waals surface area contributed by atoms with E-state index in [1.54, 1.807) is 0 Å². The molecule has 156 valence electrons. The van der Waals surface area contributed by atoms with Crippen LogP contribution in [0, 0.1) is 11.6 Å². The summed E-state index contributed by atoms with van der Waals surface area (Å²) in [6.45, 7) is -0.420. The van der Waals surface area contributed by atoms with E-state index in [-0.39, 0.29) is 11.6 Å². The maximum Gasteiger partial charge on any atom is 0.259 e. The molecule has 2 aromatic heterocycles. The lowest BCUT2D eigenvalue weighted by Gasteiger charge is -2.09. The summed E-state index contributed by atoms with van der Waals surface area (Å²) in [4.78, 5) is 28.7. The molecule has 1 N–H and O–H groups in total. The SMILES string of the molecule is O=C(Cn1cc(-c2nc(-c3ccc(Br)cc3)no2)ccc1=O)Nc1cc(F)ccc1F. The molecule has 1 amide bonds. The quantitative estimate of drug-likeness (QED) is 0.455. The average molecular weight is 487 g/mol. The van der Waals surface area contributed by atoms with Crippen molar-refractivity contribution in [3.8, 4) is 22.8 Å². The Morgan fingerprint density at radius 2 is 1.81 bits per heavy atom. The lowest BCUT2D eigenvalue weighted by atomic mass is 10.2. The Balaban J connectivity index is 1.55. The van der Waals surface area contributed by atoms with E-state index in [9.17, 15) is 18.4 Å². The van der Waals surface area contributed by atoms with E-state index in [4.69, 9.17) is 4.52 Å². The van der Waals surface area contributed by atoms with Crippen LogP contribution in [0.4, 0.5) is 14.5 Å². The van der Waals surface area contributed by atoms with Gasteiger partial charge in [-0.1, -0.05) is 21.1 Å². The summed E-state index contributed by atoms with van der Waals surface area (Å²) in [5, 5.41) is 6.18. The molecule has 10 heteroatoms. The molecule has 2 heterocycles. The first-order valence-electron chi connectivity index (χ1n) is 8.94. The number of hydrogen-bond donors (Lipinski definition) is 1. The molecule has 4 aromatic rings. The number of pyridine rings is 1. The number of halogens is 3. The zero-order valence-corrected chi connectivity index (χ0v) is 17.3. The summed E-state index contributed by atoms with van der Waals surface area (Å²) >= 11 is 3.35. The van der Waals surface area contributed by atoms with E-state index in [1.165, 1.54) is 18.3 Å². The van der Waals surface area contributed by atoms with E-state index in [0.717, 1.165) is 32.8 Å². The molecule has 0 saturated carbocycles. The minimum Gasteiger partial charge on any atom is -0.334 e. The van der Waals surface area contributed by atoms with Gasteiger partial charge in [-0.25, -0.2) is 8.78 Å². The molecule has 0 fully saturated rings. The Morgan fingerprint density at radius 1 is 1.06 bits per heavy atom. The number of amides is 1. The zero-order valence-electron chi connectivity index (χ0n) is 15.7. The van der Waals surface area contributed by atoms with Crippen LogP contribution in [-0.4, -0.2) is 20.6 Å². The number of benzene rings is 2. The Morgan fingerprint density at radius 3 is 2.58 bits per heavy atom. The summed E-state index contributed by atoms with van der Waals surface area (Å²) in [5.74, 6) is -1.68. The van der Waals surface area contributed by atoms with Gasteiger partial charge >= 0.3 is 0 Å². The second-order valence-corrected chi connectivity index (χ2v) is 7.40. The molecule has 0 aliphatic rings. The smallest absolute Gasteiger partial charge is 0.259 e. The molecule has 0 bridgehead atoms. The number of rotatable bonds is 5. The molecule has 0 aliphatic carbocycles. The van der Waals surface area contributed by atoms with Crippen LogP contribution in [0.25, 0.3) is 22.8 Å². The third kappa shape index (κ3) is 4.75. The fraction of sp³-hybridized carbons (Fsp3) is 0.0476. The molecule has 0 aliphatic heterocycles. The Labute approximate surface area is 182 Å². The first-order valence-corrected chi connectivity index (χ1v) is 9.74. The first-order chi connectivity index (χ1) is 14.9. The summed E-state index contributed by atoms with van der Waals surface area (Å²) in [6, 6.07) is 12.7. The number of aromatic nitrogens is 3. The van der Waals surface area contributed by atoms with Gasteiger partial charge in [-0.15, -0.1) is 0 Å². The predicted octanol–water partition coefficient (Wildman–Crippen LogP) is 4.24. The van der Waals surface area contributed by atoms with Crippen LogP contribution in [0.5, 0.6) is 0 Å². The Hall–Kier alpha value is -3.66. The average Bonchev–Trinajstić information content (AvgIpc) is 3.23. The van der Waals surface area contributed by atoms with Gasteiger partial charge in [0.05, 0.1) is 11.3 Å². The molecule has 0 unspecified atom stereocenters. The number of nitrogens with zero attached hydrogens (tertiary/aromatic N) is 3. The third-order valence-corrected chi connectivity index (χ3v) is 4.80. The number of nitrogens with one attached hydrogen (secondary N) is 1. The maximum absolute atomic E-state index is 13.7. The minimum atomic E-state index is -0.790. The van der Waals surface area contributed by atoms with Crippen LogP contribution >= 0.6 is 15.9 Å². The molecule has 2 aromatic carbocycles. The maximum atomic E-state index is 13.7. The van der Waals surface area contributed by atoms with Gasteiger partial charge in [0.25, 0.3) is 11.4 Å². The van der Waals surface area contributed by atoms with Crippen LogP contribution in [0.2, 0.25) is 0 Å². The largest absolute Gasteiger partial charge is 0.334 e. The monoisotopic (exact) mass is 486 g/mol.